The van der Waals surface area contributed by atoms with Crippen molar-refractivity contribution in [2.45, 2.75) is 6.92 Å². The standard InChI is InChI=1S/C7H7N3O2/c1-4-2-5-6(11)8-9-7(12)10(5)3-4/h2-3H,1H3,(H,8,11)(H,9,12). The molecule has 0 aromatic carbocycles. The van der Waals surface area contributed by atoms with Crippen molar-refractivity contribution < 1.29 is 0 Å². The monoisotopic (exact) mass is 165 g/mol. The van der Waals surface area contributed by atoms with Crippen molar-refractivity contribution in [2.75, 3.05) is 0 Å². The van der Waals surface area contributed by atoms with Gasteiger partial charge in [-0.05, 0) is 18.6 Å². The van der Waals surface area contributed by atoms with Crippen molar-refractivity contribution in [3.05, 3.63) is 38.7 Å². The second kappa shape index (κ2) is 2.10. The van der Waals surface area contributed by atoms with E-state index in [0.29, 0.717) is 5.52 Å². The summed E-state index contributed by atoms with van der Waals surface area (Å²) < 4.78 is 1.29. The third kappa shape index (κ3) is 0.795. The highest BCUT2D eigenvalue weighted by Gasteiger charge is 2.01. The van der Waals surface area contributed by atoms with Crippen LogP contribution >= 0.6 is 0 Å². The van der Waals surface area contributed by atoms with Crippen LogP contribution in [0.2, 0.25) is 0 Å². The van der Waals surface area contributed by atoms with Crippen LogP contribution in [0.25, 0.3) is 5.52 Å². The highest BCUT2D eigenvalue weighted by Crippen LogP contribution is 1.99. The molecule has 5 nitrogen and oxygen atoms in total. The van der Waals surface area contributed by atoms with E-state index in [1.54, 1.807) is 12.3 Å². The van der Waals surface area contributed by atoms with E-state index in [4.69, 9.17) is 0 Å². The zero-order chi connectivity index (χ0) is 8.72. The molecular formula is C7H7N3O2. The van der Waals surface area contributed by atoms with E-state index in [2.05, 4.69) is 10.2 Å². The topological polar surface area (TPSA) is 70.1 Å². The number of hydrogen-bond acceptors (Lipinski definition) is 2. The van der Waals surface area contributed by atoms with Gasteiger partial charge in [0.15, 0.2) is 0 Å². The predicted molar refractivity (Wildman–Crippen MR) is 43.4 cm³/mol. The molecule has 2 aromatic rings. The van der Waals surface area contributed by atoms with Crippen LogP contribution in [0, 0.1) is 6.92 Å². The van der Waals surface area contributed by atoms with Gasteiger partial charge in [-0.25, -0.2) is 9.89 Å². The Labute approximate surface area is 66.6 Å². The highest BCUT2D eigenvalue weighted by atomic mass is 16.2. The molecule has 12 heavy (non-hydrogen) atoms. The molecule has 0 aliphatic heterocycles. The third-order valence-electron chi connectivity index (χ3n) is 1.69. The van der Waals surface area contributed by atoms with Gasteiger partial charge in [0.25, 0.3) is 5.56 Å². The number of aromatic amines is 2. The first-order valence-electron chi connectivity index (χ1n) is 3.48. The van der Waals surface area contributed by atoms with E-state index in [0.717, 1.165) is 5.56 Å². The summed E-state index contributed by atoms with van der Waals surface area (Å²) in [6.45, 7) is 1.83. The maximum absolute atomic E-state index is 11.1. The molecule has 0 atom stereocenters. The van der Waals surface area contributed by atoms with Gasteiger partial charge in [0.2, 0.25) is 0 Å². The lowest BCUT2D eigenvalue weighted by atomic mass is 10.4. The van der Waals surface area contributed by atoms with E-state index < -0.39 is 0 Å². The number of aromatic nitrogens is 3. The maximum atomic E-state index is 11.1. The fourth-order valence-electron chi connectivity index (χ4n) is 1.17. The van der Waals surface area contributed by atoms with E-state index in [-0.39, 0.29) is 11.2 Å². The van der Waals surface area contributed by atoms with Gasteiger partial charge in [-0.3, -0.25) is 14.3 Å². The fourth-order valence-corrected chi connectivity index (χ4v) is 1.17. The quantitative estimate of drug-likeness (QED) is 0.558. The van der Waals surface area contributed by atoms with Crippen molar-refractivity contribution >= 4 is 5.52 Å². The van der Waals surface area contributed by atoms with Gasteiger partial charge in [0, 0.05) is 6.20 Å². The van der Waals surface area contributed by atoms with Gasteiger partial charge in [0.05, 0.1) is 0 Å². The Morgan fingerprint density at radius 3 is 2.75 bits per heavy atom. The van der Waals surface area contributed by atoms with Crippen LogP contribution < -0.4 is 11.2 Å². The molecule has 0 bridgehead atoms. The Morgan fingerprint density at radius 2 is 2.08 bits per heavy atom. The number of rotatable bonds is 0. The van der Waals surface area contributed by atoms with Gasteiger partial charge in [-0.1, -0.05) is 0 Å². The summed E-state index contributed by atoms with van der Waals surface area (Å²) in [6, 6.07) is 1.66. The van der Waals surface area contributed by atoms with Crippen molar-refractivity contribution in [1.82, 2.24) is 14.6 Å². The number of nitrogens with one attached hydrogen (secondary N) is 2. The minimum atomic E-state index is -0.335. The fraction of sp³-hybridized carbons (Fsp3) is 0.143. The molecular weight excluding hydrogens is 158 g/mol. The van der Waals surface area contributed by atoms with Crippen molar-refractivity contribution in [1.29, 1.82) is 0 Å². The van der Waals surface area contributed by atoms with Gasteiger partial charge in [-0.15, -0.1) is 0 Å². The number of hydrogen-bond donors (Lipinski definition) is 2. The summed E-state index contributed by atoms with van der Waals surface area (Å²) in [5, 5.41) is 4.47. The Balaban J connectivity index is 3.14. The molecule has 0 amide bonds. The summed E-state index contributed by atoms with van der Waals surface area (Å²) in [5.74, 6) is 0. The minimum absolute atomic E-state index is 0.289. The van der Waals surface area contributed by atoms with Gasteiger partial charge >= 0.3 is 5.69 Å². The molecule has 62 valence electrons. The molecule has 0 fully saturated rings. The molecule has 0 saturated heterocycles. The summed E-state index contributed by atoms with van der Waals surface area (Å²) in [5.41, 5.74) is 0.633. The van der Waals surface area contributed by atoms with E-state index in [9.17, 15) is 9.59 Å². The Morgan fingerprint density at radius 1 is 1.33 bits per heavy atom. The first kappa shape index (κ1) is 6.90. The summed E-state index contributed by atoms with van der Waals surface area (Å²) >= 11 is 0. The molecule has 0 aliphatic carbocycles. The summed E-state index contributed by atoms with van der Waals surface area (Å²) in [6.07, 6.45) is 1.61. The first-order chi connectivity index (χ1) is 5.68. The average Bonchev–Trinajstić information content (AvgIpc) is 2.41. The van der Waals surface area contributed by atoms with Gasteiger partial charge in [0.1, 0.15) is 5.52 Å². The van der Waals surface area contributed by atoms with E-state index >= 15 is 0 Å². The molecule has 0 radical (unpaired) electrons. The third-order valence-corrected chi connectivity index (χ3v) is 1.69. The smallest absolute Gasteiger partial charge is 0.266 e. The second-order valence-electron chi connectivity index (χ2n) is 2.66. The van der Waals surface area contributed by atoms with Crippen LogP contribution in [-0.2, 0) is 0 Å². The van der Waals surface area contributed by atoms with E-state index in [1.807, 2.05) is 6.92 Å². The molecule has 0 unspecified atom stereocenters. The SMILES string of the molecule is Cc1cc2c(=O)[nH][nH]c(=O)n2c1. The molecule has 2 heterocycles. The van der Waals surface area contributed by atoms with Crippen LogP contribution in [0.5, 0.6) is 0 Å². The lowest BCUT2D eigenvalue weighted by Gasteiger charge is -1.88. The number of nitrogens with zero attached hydrogens (tertiary/aromatic N) is 1. The second-order valence-corrected chi connectivity index (χ2v) is 2.66. The molecule has 0 spiro atoms. The largest absolute Gasteiger partial charge is 0.344 e. The first-order valence-corrected chi connectivity index (χ1v) is 3.48. The number of aryl methyl sites for hydroxylation is 1. The summed E-state index contributed by atoms with van der Waals surface area (Å²) in [7, 11) is 0. The molecule has 0 saturated carbocycles. The minimum Gasteiger partial charge on any atom is -0.266 e. The van der Waals surface area contributed by atoms with Crippen LogP contribution in [-0.4, -0.2) is 14.6 Å². The van der Waals surface area contributed by atoms with Crippen molar-refractivity contribution in [3.63, 3.8) is 0 Å². The zero-order valence-electron chi connectivity index (χ0n) is 6.42. The molecule has 5 heteroatoms. The highest BCUT2D eigenvalue weighted by molar-refractivity contribution is 5.47. The van der Waals surface area contributed by atoms with Crippen molar-refractivity contribution in [3.8, 4) is 0 Å². The van der Waals surface area contributed by atoms with Crippen molar-refractivity contribution in [2.24, 2.45) is 0 Å². The molecule has 2 rings (SSSR count). The van der Waals surface area contributed by atoms with E-state index in [1.165, 1.54) is 4.40 Å². The Bertz CT molecular complexity index is 484. The van der Waals surface area contributed by atoms with Crippen LogP contribution in [0.3, 0.4) is 0 Å². The number of fused-ring (bicyclic) bond motifs is 1. The van der Waals surface area contributed by atoms with Crippen LogP contribution in [0.1, 0.15) is 5.56 Å². The van der Waals surface area contributed by atoms with Crippen LogP contribution in [0.15, 0.2) is 21.9 Å². The van der Waals surface area contributed by atoms with Gasteiger partial charge in [-0.2, -0.15) is 0 Å². The lowest BCUT2D eigenvalue weighted by molar-refractivity contribution is 0.865. The Kier molecular flexibility index (Phi) is 1.21. The predicted octanol–water partition coefficient (Wildman–Crippen LogP) is -0.376. The van der Waals surface area contributed by atoms with Crippen LogP contribution in [0.4, 0.5) is 0 Å². The summed E-state index contributed by atoms with van der Waals surface area (Å²) in [4.78, 5) is 22.2. The molecule has 2 aromatic heterocycles. The number of H-pyrrole nitrogens is 2. The molecule has 0 aliphatic rings. The zero-order valence-corrected chi connectivity index (χ0v) is 6.42. The normalized spacial score (nSPS) is 10.8. The maximum Gasteiger partial charge on any atom is 0.344 e. The lowest BCUT2D eigenvalue weighted by Crippen LogP contribution is -2.24. The van der Waals surface area contributed by atoms with Gasteiger partial charge < -0.3 is 0 Å². The molecule has 2 N–H and O–H groups in total. The average molecular weight is 165 g/mol. The Hall–Kier alpha value is -1.78.